The van der Waals surface area contributed by atoms with Gasteiger partial charge in [0.2, 0.25) is 0 Å². The summed E-state index contributed by atoms with van der Waals surface area (Å²) >= 11 is -2.29. The van der Waals surface area contributed by atoms with Gasteiger partial charge in [-0.2, -0.15) is 0 Å². The van der Waals surface area contributed by atoms with Crippen LogP contribution >= 0.6 is 0 Å². The maximum Gasteiger partial charge on any atom is 0.145 e. The van der Waals surface area contributed by atoms with E-state index >= 15 is 0 Å². The smallest absolute Gasteiger partial charge is 0.145 e. The van der Waals surface area contributed by atoms with Crippen molar-refractivity contribution in [2.45, 2.75) is 11.4 Å². The molecule has 2 aromatic rings. The zero-order valence-corrected chi connectivity index (χ0v) is 10.2. The van der Waals surface area contributed by atoms with Crippen LogP contribution in [-0.2, 0) is 17.6 Å². The van der Waals surface area contributed by atoms with Crippen molar-refractivity contribution in [3.05, 3.63) is 48.3 Å². The normalized spacial score (nSPS) is 12.1. The molecule has 18 heavy (non-hydrogen) atoms. The Hall–Kier alpha value is -1.76. The molecule has 1 unspecified atom stereocenters. The summed E-state index contributed by atoms with van der Waals surface area (Å²) in [5, 5.41) is 0. The average molecular weight is 263 g/mol. The van der Waals surface area contributed by atoms with E-state index in [2.05, 4.69) is 4.98 Å². The van der Waals surface area contributed by atoms with E-state index in [4.69, 9.17) is 10.5 Å². The number of nitrogens with zero attached hydrogens (tertiary/aromatic N) is 1. The minimum atomic E-state index is -2.29. The third-order valence-corrected chi connectivity index (χ3v) is 3.06. The second kappa shape index (κ2) is 5.72. The molecule has 0 aliphatic rings. The molecule has 0 radical (unpaired) electrons. The molecule has 0 aliphatic heterocycles. The van der Waals surface area contributed by atoms with Crippen LogP contribution in [0.5, 0.6) is 11.5 Å². The lowest BCUT2D eigenvalue weighted by Gasteiger charge is -2.12. The molecule has 0 saturated carbocycles. The first-order valence-electron chi connectivity index (χ1n) is 5.21. The predicted octanol–water partition coefficient (Wildman–Crippen LogP) is 1.57. The monoisotopic (exact) mass is 263 g/mol. The molecule has 0 aliphatic carbocycles. The van der Waals surface area contributed by atoms with Gasteiger partial charge in [-0.3, -0.25) is 9.19 Å². The molecule has 0 fully saturated rings. The maximum absolute atomic E-state index is 10.9. The first-order valence-corrected chi connectivity index (χ1v) is 6.28. The van der Waals surface area contributed by atoms with Gasteiger partial charge in [0.05, 0.1) is 6.20 Å². The molecular weight excluding hydrogens is 252 g/mol. The Labute approximate surface area is 107 Å². The van der Waals surface area contributed by atoms with Crippen LogP contribution < -0.4 is 10.5 Å². The van der Waals surface area contributed by atoms with E-state index in [1.165, 1.54) is 6.07 Å². The predicted molar refractivity (Wildman–Crippen MR) is 65.8 cm³/mol. The standard InChI is InChI=1S/C12H12N2O3S/c13-7-9-6-10(3-4-12(9)18(15)16)17-11-2-1-5-14-8-11/h1-6,8H,7,13H2,(H,15,16)/p-1. The van der Waals surface area contributed by atoms with Crippen molar-refractivity contribution in [2.75, 3.05) is 0 Å². The number of hydrogen-bond donors (Lipinski definition) is 1. The summed E-state index contributed by atoms with van der Waals surface area (Å²) in [6.45, 7) is 0.132. The lowest BCUT2D eigenvalue weighted by Crippen LogP contribution is -2.03. The Morgan fingerprint density at radius 2 is 2.17 bits per heavy atom. The summed E-state index contributed by atoms with van der Waals surface area (Å²) in [5.74, 6) is 1.11. The van der Waals surface area contributed by atoms with Gasteiger partial charge in [-0.25, -0.2) is 0 Å². The zero-order chi connectivity index (χ0) is 13.0. The molecule has 1 aromatic heterocycles. The van der Waals surface area contributed by atoms with Gasteiger partial charge >= 0.3 is 0 Å². The molecular formula is C12H11N2O3S-. The number of nitrogens with two attached hydrogens (primary N) is 1. The SMILES string of the molecule is NCc1cc(Oc2cccnc2)ccc1S(=O)[O-]. The van der Waals surface area contributed by atoms with Crippen molar-refractivity contribution < 1.29 is 13.5 Å². The van der Waals surface area contributed by atoms with E-state index in [-0.39, 0.29) is 11.4 Å². The van der Waals surface area contributed by atoms with E-state index < -0.39 is 11.1 Å². The fourth-order valence-corrected chi connectivity index (χ4v) is 2.02. The molecule has 0 bridgehead atoms. The lowest BCUT2D eigenvalue weighted by atomic mass is 10.2. The fraction of sp³-hybridized carbons (Fsp3) is 0.0833. The summed E-state index contributed by atoms with van der Waals surface area (Å²) in [6.07, 6.45) is 3.21. The molecule has 0 saturated heterocycles. The average Bonchev–Trinajstić information content (AvgIpc) is 2.39. The van der Waals surface area contributed by atoms with Gasteiger partial charge in [-0.05, 0) is 47.0 Å². The van der Waals surface area contributed by atoms with Gasteiger partial charge < -0.3 is 15.0 Å². The summed E-state index contributed by atoms with van der Waals surface area (Å²) in [4.78, 5) is 4.11. The molecule has 0 spiro atoms. The van der Waals surface area contributed by atoms with Crippen molar-refractivity contribution in [3.63, 3.8) is 0 Å². The third-order valence-electron chi connectivity index (χ3n) is 2.30. The molecule has 94 valence electrons. The highest BCUT2D eigenvalue weighted by atomic mass is 32.2. The van der Waals surface area contributed by atoms with Gasteiger partial charge in [0, 0.05) is 17.6 Å². The Morgan fingerprint density at radius 1 is 1.33 bits per heavy atom. The highest BCUT2D eigenvalue weighted by Gasteiger charge is 2.05. The molecule has 1 heterocycles. The van der Waals surface area contributed by atoms with Crippen molar-refractivity contribution in [1.29, 1.82) is 0 Å². The van der Waals surface area contributed by atoms with Gasteiger partial charge in [0.15, 0.2) is 0 Å². The van der Waals surface area contributed by atoms with Gasteiger partial charge in [-0.15, -0.1) is 0 Å². The molecule has 1 aromatic carbocycles. The summed E-state index contributed by atoms with van der Waals surface area (Å²) in [6, 6.07) is 8.17. The van der Waals surface area contributed by atoms with Crippen molar-refractivity contribution in [3.8, 4) is 11.5 Å². The van der Waals surface area contributed by atoms with E-state index in [1.54, 1.807) is 36.7 Å². The zero-order valence-electron chi connectivity index (χ0n) is 9.41. The van der Waals surface area contributed by atoms with Gasteiger partial charge in [-0.1, -0.05) is 0 Å². The van der Waals surface area contributed by atoms with E-state index in [9.17, 15) is 8.76 Å². The van der Waals surface area contributed by atoms with Crippen molar-refractivity contribution in [2.24, 2.45) is 5.73 Å². The summed E-state index contributed by atoms with van der Waals surface area (Å²) < 4.78 is 27.4. The number of hydrogen-bond acceptors (Lipinski definition) is 5. The minimum Gasteiger partial charge on any atom is -0.768 e. The molecule has 0 amide bonds. The van der Waals surface area contributed by atoms with Crippen LogP contribution in [-0.4, -0.2) is 13.7 Å². The lowest BCUT2D eigenvalue weighted by molar-refractivity contribution is 0.478. The molecule has 5 nitrogen and oxygen atoms in total. The van der Waals surface area contributed by atoms with Crippen LogP contribution in [0, 0.1) is 0 Å². The van der Waals surface area contributed by atoms with Crippen LogP contribution in [0.4, 0.5) is 0 Å². The first-order chi connectivity index (χ1) is 8.70. The van der Waals surface area contributed by atoms with E-state index in [1.807, 2.05) is 0 Å². The van der Waals surface area contributed by atoms with E-state index in [0.717, 1.165) is 0 Å². The molecule has 1 atom stereocenters. The number of ether oxygens (including phenoxy) is 1. The van der Waals surface area contributed by atoms with Gasteiger partial charge in [0.1, 0.15) is 11.5 Å². The number of benzene rings is 1. The summed E-state index contributed by atoms with van der Waals surface area (Å²) in [7, 11) is 0. The first kappa shape index (κ1) is 12.7. The second-order valence-electron chi connectivity index (χ2n) is 3.50. The third kappa shape index (κ3) is 2.92. The Kier molecular flexibility index (Phi) is 4.03. The maximum atomic E-state index is 10.9. The second-order valence-corrected chi connectivity index (χ2v) is 4.41. The minimum absolute atomic E-state index is 0.132. The van der Waals surface area contributed by atoms with Crippen molar-refractivity contribution in [1.82, 2.24) is 4.98 Å². The molecule has 6 heteroatoms. The van der Waals surface area contributed by atoms with Crippen LogP contribution in [0.2, 0.25) is 0 Å². The Morgan fingerprint density at radius 3 is 2.78 bits per heavy atom. The number of rotatable bonds is 4. The highest BCUT2D eigenvalue weighted by molar-refractivity contribution is 7.79. The Bertz CT molecular complexity index is 561. The van der Waals surface area contributed by atoms with Crippen LogP contribution in [0.3, 0.4) is 0 Å². The number of aromatic nitrogens is 1. The quantitative estimate of drug-likeness (QED) is 0.846. The fourth-order valence-electron chi connectivity index (χ4n) is 1.48. The molecule has 2 rings (SSSR count). The topological polar surface area (TPSA) is 88.3 Å². The highest BCUT2D eigenvalue weighted by Crippen LogP contribution is 2.24. The summed E-state index contributed by atoms with van der Waals surface area (Å²) in [5.41, 5.74) is 6.03. The largest absolute Gasteiger partial charge is 0.768 e. The van der Waals surface area contributed by atoms with E-state index in [0.29, 0.717) is 17.1 Å². The Balaban J connectivity index is 2.28. The van der Waals surface area contributed by atoms with Crippen LogP contribution in [0.25, 0.3) is 0 Å². The van der Waals surface area contributed by atoms with Crippen LogP contribution in [0.15, 0.2) is 47.6 Å². The van der Waals surface area contributed by atoms with Crippen LogP contribution in [0.1, 0.15) is 5.56 Å². The van der Waals surface area contributed by atoms with Gasteiger partial charge in [0.25, 0.3) is 0 Å². The van der Waals surface area contributed by atoms with Crippen molar-refractivity contribution >= 4 is 11.1 Å². The number of pyridine rings is 1. The molecule has 2 N–H and O–H groups in total.